The molecule has 3 nitrogen and oxygen atoms in total. The number of anilines is 3. The van der Waals surface area contributed by atoms with E-state index < -0.39 is 0 Å². The Balaban J connectivity index is 0.964. The van der Waals surface area contributed by atoms with Gasteiger partial charge in [0.05, 0.1) is 16.7 Å². The van der Waals surface area contributed by atoms with Crippen molar-refractivity contribution in [2.24, 2.45) is 0 Å². The summed E-state index contributed by atoms with van der Waals surface area (Å²) in [6.45, 7) is 0. The molecule has 3 heteroatoms. The summed E-state index contributed by atoms with van der Waals surface area (Å²) in [5.41, 5.74) is 13.3. The average Bonchev–Trinajstić information content (AvgIpc) is 3.85. The lowest BCUT2D eigenvalue weighted by atomic mass is 9.97. The Hall–Kier alpha value is -7.88. The first kappa shape index (κ1) is 33.3. The van der Waals surface area contributed by atoms with Crippen molar-refractivity contribution in [1.29, 1.82) is 0 Å². The molecule has 0 bridgehead atoms. The molecule has 0 radical (unpaired) electrons. The summed E-state index contributed by atoms with van der Waals surface area (Å²) in [5, 5.41) is 9.70. The Kier molecular flexibility index (Phi) is 7.54. The molecule has 0 N–H and O–H groups in total. The lowest BCUT2D eigenvalue weighted by molar-refractivity contribution is 0.669. The first-order valence-corrected chi connectivity index (χ1v) is 20.2. The van der Waals surface area contributed by atoms with E-state index in [-0.39, 0.29) is 0 Å². The van der Waals surface area contributed by atoms with E-state index in [1.54, 1.807) is 0 Å². The molecule has 0 unspecified atom stereocenters. The summed E-state index contributed by atoms with van der Waals surface area (Å²) in [5.74, 6) is 0. The van der Waals surface area contributed by atoms with E-state index in [2.05, 4.69) is 216 Å². The Bertz CT molecular complexity index is 3520. The van der Waals surface area contributed by atoms with Gasteiger partial charge >= 0.3 is 0 Å². The highest BCUT2D eigenvalue weighted by atomic mass is 16.3. The highest BCUT2D eigenvalue weighted by Gasteiger charge is 2.18. The second kappa shape index (κ2) is 13.4. The van der Waals surface area contributed by atoms with Gasteiger partial charge < -0.3 is 13.9 Å². The van der Waals surface area contributed by atoms with E-state index in [1.807, 2.05) is 12.1 Å². The van der Waals surface area contributed by atoms with Crippen molar-refractivity contribution in [3.05, 3.63) is 218 Å². The summed E-state index contributed by atoms with van der Waals surface area (Å²) in [7, 11) is 0. The number of rotatable bonds is 6. The van der Waals surface area contributed by atoms with E-state index in [1.165, 1.54) is 65.7 Å². The minimum Gasteiger partial charge on any atom is -0.456 e. The molecule has 0 amide bonds. The number of furan rings is 1. The minimum absolute atomic E-state index is 0.884. The second-order valence-electron chi connectivity index (χ2n) is 15.3. The molecule has 2 heterocycles. The number of hydrogen-bond acceptors (Lipinski definition) is 2. The molecule has 0 aliphatic rings. The van der Waals surface area contributed by atoms with Crippen molar-refractivity contribution in [2.45, 2.75) is 0 Å². The monoisotopic (exact) mass is 752 g/mol. The third-order valence-electron chi connectivity index (χ3n) is 12.0. The highest BCUT2D eigenvalue weighted by Crippen LogP contribution is 2.42. The van der Waals surface area contributed by atoms with Crippen LogP contribution in [-0.2, 0) is 0 Å². The molecule has 10 aromatic carbocycles. The first-order chi connectivity index (χ1) is 29.2. The number of aromatic nitrogens is 1. The van der Waals surface area contributed by atoms with Gasteiger partial charge in [-0.1, -0.05) is 146 Å². The Labute approximate surface area is 341 Å². The predicted molar refractivity (Wildman–Crippen MR) is 249 cm³/mol. The van der Waals surface area contributed by atoms with E-state index in [0.29, 0.717) is 0 Å². The Morgan fingerprint density at radius 2 is 0.915 bits per heavy atom. The van der Waals surface area contributed by atoms with Gasteiger partial charge in [0.2, 0.25) is 0 Å². The van der Waals surface area contributed by atoms with Crippen LogP contribution in [0, 0.1) is 0 Å². The lowest BCUT2D eigenvalue weighted by Crippen LogP contribution is -2.09. The minimum atomic E-state index is 0.884. The quantitative estimate of drug-likeness (QED) is 0.158. The van der Waals surface area contributed by atoms with Crippen molar-refractivity contribution >= 4 is 82.4 Å². The molecule has 0 aliphatic carbocycles. The van der Waals surface area contributed by atoms with Crippen LogP contribution < -0.4 is 4.90 Å². The molecule has 2 aromatic heterocycles. The molecule has 0 spiro atoms. The predicted octanol–water partition coefficient (Wildman–Crippen LogP) is 15.8. The summed E-state index contributed by atoms with van der Waals surface area (Å²) in [6.07, 6.45) is 0. The average molecular weight is 753 g/mol. The van der Waals surface area contributed by atoms with E-state index >= 15 is 0 Å². The van der Waals surface area contributed by atoms with Gasteiger partial charge in [0.25, 0.3) is 0 Å². The van der Waals surface area contributed by atoms with E-state index in [0.717, 1.165) is 44.6 Å². The van der Waals surface area contributed by atoms with Crippen molar-refractivity contribution in [1.82, 2.24) is 4.57 Å². The number of benzene rings is 10. The van der Waals surface area contributed by atoms with Crippen molar-refractivity contribution in [3.63, 3.8) is 0 Å². The van der Waals surface area contributed by atoms with Crippen LogP contribution in [0.3, 0.4) is 0 Å². The standard InChI is InChI=1S/C56H36N2O/c1-2-15-45-38(12-1)24-25-41-35-43(30-32-46(41)45)57(44-31-33-56-51(36-44)50-19-6-10-23-55(50)59-56)42-28-26-37(27-29-42)39-13-11-14-40(34-39)47-16-3-7-20-52(47)58-53-21-8-4-17-48(53)49-18-5-9-22-54(49)58/h1-36H. The summed E-state index contributed by atoms with van der Waals surface area (Å²) in [6, 6.07) is 78.8. The third-order valence-corrected chi connectivity index (χ3v) is 12.0. The van der Waals surface area contributed by atoms with Crippen LogP contribution in [0.4, 0.5) is 17.1 Å². The molecule has 0 atom stereocenters. The fraction of sp³-hybridized carbons (Fsp3) is 0. The maximum Gasteiger partial charge on any atom is 0.135 e. The summed E-state index contributed by atoms with van der Waals surface area (Å²) >= 11 is 0. The van der Waals surface area contributed by atoms with Crippen LogP contribution in [0.2, 0.25) is 0 Å². The smallest absolute Gasteiger partial charge is 0.135 e. The summed E-state index contributed by atoms with van der Waals surface area (Å²) in [4.78, 5) is 2.36. The van der Waals surface area contributed by atoms with Crippen LogP contribution in [0.15, 0.2) is 223 Å². The zero-order valence-corrected chi connectivity index (χ0v) is 32.1. The fourth-order valence-corrected chi connectivity index (χ4v) is 9.20. The van der Waals surface area contributed by atoms with Gasteiger partial charge in [-0.2, -0.15) is 0 Å². The zero-order valence-electron chi connectivity index (χ0n) is 32.1. The molecule has 0 aliphatic heterocycles. The van der Waals surface area contributed by atoms with Gasteiger partial charge in [0.15, 0.2) is 0 Å². The van der Waals surface area contributed by atoms with Crippen LogP contribution in [0.1, 0.15) is 0 Å². The van der Waals surface area contributed by atoms with Gasteiger partial charge in [0.1, 0.15) is 11.2 Å². The molecular formula is C56H36N2O. The molecule has 0 saturated carbocycles. The van der Waals surface area contributed by atoms with Crippen LogP contribution >= 0.6 is 0 Å². The van der Waals surface area contributed by atoms with Crippen molar-refractivity contribution in [2.75, 3.05) is 4.90 Å². The Morgan fingerprint density at radius 3 is 1.75 bits per heavy atom. The van der Waals surface area contributed by atoms with Crippen LogP contribution in [0.25, 0.3) is 93.2 Å². The number of para-hydroxylation sites is 4. The van der Waals surface area contributed by atoms with Crippen molar-refractivity contribution < 1.29 is 4.42 Å². The van der Waals surface area contributed by atoms with Gasteiger partial charge in [-0.3, -0.25) is 0 Å². The fourth-order valence-electron chi connectivity index (χ4n) is 9.20. The molecular weight excluding hydrogens is 717 g/mol. The van der Waals surface area contributed by atoms with Gasteiger partial charge in [-0.25, -0.2) is 0 Å². The topological polar surface area (TPSA) is 21.3 Å². The molecule has 276 valence electrons. The molecule has 12 rings (SSSR count). The number of fused-ring (bicyclic) bond motifs is 9. The highest BCUT2D eigenvalue weighted by molar-refractivity contribution is 6.11. The first-order valence-electron chi connectivity index (χ1n) is 20.2. The van der Waals surface area contributed by atoms with Crippen LogP contribution in [0.5, 0.6) is 0 Å². The maximum atomic E-state index is 6.25. The lowest BCUT2D eigenvalue weighted by Gasteiger charge is -2.26. The second-order valence-corrected chi connectivity index (χ2v) is 15.3. The summed E-state index contributed by atoms with van der Waals surface area (Å²) < 4.78 is 8.66. The Morgan fingerprint density at radius 1 is 0.322 bits per heavy atom. The van der Waals surface area contributed by atoms with E-state index in [4.69, 9.17) is 4.42 Å². The van der Waals surface area contributed by atoms with Gasteiger partial charge in [-0.15, -0.1) is 0 Å². The third kappa shape index (κ3) is 5.44. The number of nitrogens with zero attached hydrogens (tertiary/aromatic N) is 2. The van der Waals surface area contributed by atoms with E-state index in [9.17, 15) is 0 Å². The molecule has 59 heavy (non-hydrogen) atoms. The van der Waals surface area contributed by atoms with Gasteiger partial charge in [0, 0.05) is 44.2 Å². The SMILES string of the molecule is c1cc(-c2ccc(N(c3ccc4c(ccc5ccccc54)c3)c3ccc4oc5ccccc5c4c3)cc2)cc(-c2ccccc2-n2c3ccccc3c3ccccc32)c1. The number of hydrogen-bond donors (Lipinski definition) is 0. The molecule has 0 saturated heterocycles. The van der Waals surface area contributed by atoms with Crippen molar-refractivity contribution in [3.8, 4) is 27.9 Å². The normalized spacial score (nSPS) is 11.7. The molecule has 12 aromatic rings. The largest absolute Gasteiger partial charge is 0.456 e. The van der Waals surface area contributed by atoms with Crippen LogP contribution in [-0.4, -0.2) is 4.57 Å². The maximum absolute atomic E-state index is 6.25. The zero-order chi connectivity index (χ0) is 38.9. The molecule has 0 fully saturated rings. The van der Waals surface area contributed by atoms with Gasteiger partial charge in [-0.05, 0) is 111 Å².